The van der Waals surface area contributed by atoms with Crippen molar-refractivity contribution in [3.63, 3.8) is 0 Å². The van der Waals surface area contributed by atoms with Crippen LogP contribution in [0.5, 0.6) is 0 Å². The predicted molar refractivity (Wildman–Crippen MR) is 72.1 cm³/mol. The van der Waals surface area contributed by atoms with Crippen LogP contribution in [0.25, 0.3) is 0 Å². The molecule has 1 aromatic rings. The summed E-state index contributed by atoms with van der Waals surface area (Å²) in [5.74, 6) is 0. The van der Waals surface area contributed by atoms with Crippen molar-refractivity contribution in [3.8, 4) is 0 Å². The molecule has 0 radical (unpaired) electrons. The van der Waals surface area contributed by atoms with Crippen LogP contribution in [0.15, 0.2) is 18.2 Å². The Morgan fingerprint density at radius 3 is 3.00 bits per heavy atom. The first-order valence-corrected chi connectivity index (χ1v) is 6.72. The van der Waals surface area contributed by atoms with Crippen LogP contribution < -0.4 is 5.73 Å². The highest BCUT2D eigenvalue weighted by molar-refractivity contribution is 5.10. The molecule has 1 unspecified atom stereocenters. The van der Waals surface area contributed by atoms with E-state index in [1.165, 1.54) is 25.8 Å². The molecule has 0 aliphatic carbocycles. The fraction of sp³-hybridized carbons (Fsp3) is 0.643. The van der Waals surface area contributed by atoms with Gasteiger partial charge in [0.25, 0.3) is 0 Å². The summed E-state index contributed by atoms with van der Waals surface area (Å²) in [7, 11) is 2.18. The van der Waals surface area contributed by atoms with Gasteiger partial charge in [-0.25, -0.2) is 0 Å². The molecule has 1 aliphatic heterocycles. The van der Waals surface area contributed by atoms with Gasteiger partial charge in [0.1, 0.15) is 0 Å². The van der Waals surface area contributed by atoms with Gasteiger partial charge >= 0.3 is 0 Å². The lowest BCUT2D eigenvalue weighted by Gasteiger charge is -2.32. The Morgan fingerprint density at radius 1 is 1.39 bits per heavy atom. The fourth-order valence-corrected chi connectivity index (χ4v) is 2.38. The predicted octanol–water partition coefficient (Wildman–Crippen LogP) is 1.54. The Bertz CT molecular complexity index is 370. The van der Waals surface area contributed by atoms with E-state index in [0.717, 1.165) is 18.0 Å². The van der Waals surface area contributed by atoms with Crippen LogP contribution in [0, 0.1) is 0 Å². The summed E-state index contributed by atoms with van der Waals surface area (Å²) < 4.78 is 5.78. The maximum atomic E-state index is 5.78. The number of likely N-dealkylation sites (tertiary alicyclic amines) is 1. The summed E-state index contributed by atoms with van der Waals surface area (Å²) in [5, 5.41) is 0. The molecule has 18 heavy (non-hydrogen) atoms. The van der Waals surface area contributed by atoms with Crippen LogP contribution in [-0.2, 0) is 17.9 Å². The normalized spacial score (nSPS) is 21.1. The van der Waals surface area contributed by atoms with Crippen molar-refractivity contribution in [2.75, 3.05) is 20.2 Å². The molecule has 1 aliphatic rings. The van der Waals surface area contributed by atoms with Crippen molar-refractivity contribution in [1.82, 2.24) is 9.88 Å². The van der Waals surface area contributed by atoms with Crippen molar-refractivity contribution in [1.29, 1.82) is 0 Å². The maximum Gasteiger partial charge on any atom is 0.0888 e. The minimum Gasteiger partial charge on any atom is -0.374 e. The standard InChI is InChI=1S/C14H23N3O/c1-17-8-3-2-7-14(17)11-18-10-13-6-4-5-12(9-15)16-13/h4-6,14H,2-3,7-11,15H2,1H3. The second-order valence-electron chi connectivity index (χ2n) is 4.97. The molecule has 2 heterocycles. The minimum absolute atomic E-state index is 0.485. The Hall–Kier alpha value is -0.970. The number of hydrogen-bond donors (Lipinski definition) is 1. The maximum absolute atomic E-state index is 5.78. The monoisotopic (exact) mass is 249 g/mol. The molecule has 4 nitrogen and oxygen atoms in total. The van der Waals surface area contributed by atoms with Gasteiger partial charge in [0.05, 0.1) is 24.6 Å². The topological polar surface area (TPSA) is 51.4 Å². The van der Waals surface area contributed by atoms with Gasteiger partial charge in [-0.2, -0.15) is 0 Å². The molecule has 0 spiro atoms. The smallest absolute Gasteiger partial charge is 0.0888 e. The third kappa shape index (κ3) is 3.77. The van der Waals surface area contributed by atoms with E-state index < -0.39 is 0 Å². The molecule has 0 amide bonds. The molecule has 1 saturated heterocycles. The molecule has 4 heteroatoms. The Labute approximate surface area is 109 Å². The first-order valence-electron chi connectivity index (χ1n) is 6.72. The second-order valence-corrected chi connectivity index (χ2v) is 4.97. The number of nitrogens with two attached hydrogens (primary N) is 1. The molecule has 2 N–H and O–H groups in total. The Balaban J connectivity index is 1.77. The number of ether oxygens (including phenoxy) is 1. The van der Waals surface area contributed by atoms with Crippen LogP contribution >= 0.6 is 0 Å². The van der Waals surface area contributed by atoms with Crippen molar-refractivity contribution >= 4 is 0 Å². The van der Waals surface area contributed by atoms with E-state index in [1.54, 1.807) is 0 Å². The molecule has 0 bridgehead atoms. The molecule has 0 aromatic carbocycles. The molecule has 1 fully saturated rings. The van der Waals surface area contributed by atoms with Crippen LogP contribution in [0.1, 0.15) is 30.7 Å². The lowest BCUT2D eigenvalue weighted by molar-refractivity contribution is 0.0430. The van der Waals surface area contributed by atoms with Gasteiger partial charge in [-0.3, -0.25) is 4.98 Å². The molecule has 1 atom stereocenters. The highest BCUT2D eigenvalue weighted by Gasteiger charge is 2.18. The van der Waals surface area contributed by atoms with Crippen LogP contribution in [0.2, 0.25) is 0 Å². The zero-order valence-corrected chi connectivity index (χ0v) is 11.1. The summed E-state index contributed by atoms with van der Waals surface area (Å²) in [5.41, 5.74) is 7.46. The van der Waals surface area contributed by atoms with E-state index in [1.807, 2.05) is 18.2 Å². The largest absolute Gasteiger partial charge is 0.374 e. The lowest BCUT2D eigenvalue weighted by atomic mass is 10.0. The van der Waals surface area contributed by atoms with Crippen molar-refractivity contribution in [3.05, 3.63) is 29.6 Å². The zero-order valence-electron chi connectivity index (χ0n) is 11.1. The SMILES string of the molecule is CN1CCCCC1COCc1cccc(CN)n1. The van der Waals surface area contributed by atoms with Crippen LogP contribution in [0.4, 0.5) is 0 Å². The summed E-state index contributed by atoms with van der Waals surface area (Å²) in [4.78, 5) is 6.83. The molecule has 2 rings (SSSR count). The highest BCUT2D eigenvalue weighted by Crippen LogP contribution is 2.15. The molecule has 1 aromatic heterocycles. The van der Waals surface area contributed by atoms with E-state index in [2.05, 4.69) is 16.9 Å². The average molecular weight is 249 g/mol. The fourth-order valence-electron chi connectivity index (χ4n) is 2.38. The number of rotatable bonds is 5. The summed E-state index contributed by atoms with van der Waals surface area (Å²) in [6.07, 6.45) is 3.87. The van der Waals surface area contributed by atoms with Crippen LogP contribution in [0.3, 0.4) is 0 Å². The van der Waals surface area contributed by atoms with Gasteiger partial charge in [-0.1, -0.05) is 12.5 Å². The van der Waals surface area contributed by atoms with Gasteiger partial charge in [-0.15, -0.1) is 0 Å². The highest BCUT2D eigenvalue weighted by atomic mass is 16.5. The Morgan fingerprint density at radius 2 is 2.22 bits per heavy atom. The average Bonchev–Trinajstić information content (AvgIpc) is 2.41. The van der Waals surface area contributed by atoms with E-state index in [-0.39, 0.29) is 0 Å². The minimum atomic E-state index is 0.485. The first-order chi connectivity index (χ1) is 8.79. The van der Waals surface area contributed by atoms with Crippen molar-refractivity contribution in [2.24, 2.45) is 5.73 Å². The molecule has 100 valence electrons. The first kappa shape index (κ1) is 13.5. The van der Waals surface area contributed by atoms with E-state index >= 15 is 0 Å². The van der Waals surface area contributed by atoms with E-state index in [9.17, 15) is 0 Å². The third-order valence-electron chi connectivity index (χ3n) is 3.56. The number of likely N-dealkylation sites (N-methyl/N-ethyl adjacent to an activating group) is 1. The summed E-state index contributed by atoms with van der Waals surface area (Å²) >= 11 is 0. The van der Waals surface area contributed by atoms with Gasteiger partial charge in [-0.05, 0) is 38.6 Å². The van der Waals surface area contributed by atoms with E-state index in [4.69, 9.17) is 10.5 Å². The van der Waals surface area contributed by atoms with Gasteiger partial charge in [0.2, 0.25) is 0 Å². The molecule has 0 saturated carbocycles. The lowest BCUT2D eigenvalue weighted by Crippen LogP contribution is -2.39. The third-order valence-corrected chi connectivity index (χ3v) is 3.56. The van der Waals surface area contributed by atoms with E-state index in [0.29, 0.717) is 19.2 Å². The van der Waals surface area contributed by atoms with Gasteiger partial charge in [0.15, 0.2) is 0 Å². The quantitative estimate of drug-likeness (QED) is 0.860. The summed E-state index contributed by atoms with van der Waals surface area (Å²) in [6.45, 7) is 3.05. The molecular formula is C14H23N3O. The second kappa shape index (κ2) is 6.83. The van der Waals surface area contributed by atoms with Crippen LogP contribution in [-0.4, -0.2) is 36.1 Å². The van der Waals surface area contributed by atoms with Gasteiger partial charge in [0, 0.05) is 12.6 Å². The molecular weight excluding hydrogens is 226 g/mol. The summed E-state index contributed by atoms with van der Waals surface area (Å²) in [6, 6.07) is 6.49. The zero-order chi connectivity index (χ0) is 12.8. The van der Waals surface area contributed by atoms with Gasteiger partial charge < -0.3 is 15.4 Å². The number of pyridine rings is 1. The number of nitrogens with zero attached hydrogens (tertiary/aromatic N) is 2. The van der Waals surface area contributed by atoms with Crippen molar-refractivity contribution in [2.45, 2.75) is 38.5 Å². The Kier molecular flexibility index (Phi) is 5.11. The number of hydrogen-bond acceptors (Lipinski definition) is 4. The van der Waals surface area contributed by atoms with Crippen molar-refractivity contribution < 1.29 is 4.74 Å². The number of piperidine rings is 1. The number of aromatic nitrogens is 1.